The molecule has 15 nitrogen and oxygen atoms in total. The van der Waals surface area contributed by atoms with Crippen molar-refractivity contribution in [3.05, 3.63) is 0 Å². The highest BCUT2D eigenvalue weighted by Crippen LogP contribution is 2.15. The van der Waals surface area contributed by atoms with Crippen LogP contribution in [0.2, 0.25) is 0 Å². The van der Waals surface area contributed by atoms with Crippen molar-refractivity contribution in [1.82, 2.24) is 0 Å². The van der Waals surface area contributed by atoms with Crippen molar-refractivity contribution >= 4 is 11.8 Å². The normalized spacial score (nSPS) is 14.7. The van der Waals surface area contributed by atoms with Crippen LogP contribution in [0.3, 0.4) is 0 Å². The Balaban J connectivity index is -0.000000172. The van der Waals surface area contributed by atoms with Crippen LogP contribution in [0.25, 0.3) is 0 Å². The lowest BCUT2D eigenvalue weighted by Gasteiger charge is -2.16. The minimum absolute atomic E-state index is 0.0383. The fourth-order valence-electron chi connectivity index (χ4n) is 7.98. The first kappa shape index (κ1) is 99.2. The van der Waals surface area contributed by atoms with E-state index in [0.29, 0.717) is 75.8 Å². The average molecular weight is 1260 g/mol. The molecule has 0 aromatic rings. The fraction of sp³-hybridized carbons (Fsp3) is 0.972. The molecule has 10 atom stereocenters. The van der Waals surface area contributed by atoms with E-state index in [4.69, 9.17) is 14.2 Å². The summed E-state index contributed by atoms with van der Waals surface area (Å²) in [7, 11) is 0. The van der Waals surface area contributed by atoms with E-state index in [1.165, 1.54) is 32.1 Å². The number of ketones is 1. The van der Waals surface area contributed by atoms with Crippen molar-refractivity contribution in [2.75, 3.05) is 13.2 Å². The van der Waals surface area contributed by atoms with Crippen molar-refractivity contribution in [1.29, 1.82) is 0 Å². The molecule has 0 bridgehead atoms. The van der Waals surface area contributed by atoms with Crippen LogP contribution >= 0.6 is 0 Å². The molecule has 10 N–H and O–H groups in total. The summed E-state index contributed by atoms with van der Waals surface area (Å²) in [5.74, 6) is 2.55. The third-order valence-electron chi connectivity index (χ3n) is 14.5. The number of esters is 1. The van der Waals surface area contributed by atoms with Crippen LogP contribution in [-0.2, 0) is 23.8 Å². The van der Waals surface area contributed by atoms with E-state index in [9.17, 15) is 60.7 Å². The van der Waals surface area contributed by atoms with E-state index in [-0.39, 0.29) is 48.5 Å². The number of rotatable bonds is 46. The molecule has 0 heterocycles. The molecule has 0 rings (SSSR count). The molecule has 0 saturated carbocycles. The number of Topliss-reactive ketones (excluding diaryl/α,β-unsaturated/α-hetero) is 1. The van der Waals surface area contributed by atoms with E-state index in [2.05, 4.69) is 41.5 Å². The van der Waals surface area contributed by atoms with Gasteiger partial charge in [0.1, 0.15) is 5.78 Å². The van der Waals surface area contributed by atoms with E-state index in [1.54, 1.807) is 0 Å². The minimum atomic E-state index is -0.597. The smallest absolute Gasteiger partial charge is 0.306 e. The first-order valence-electron chi connectivity index (χ1n) is 35.4. The molecule has 0 amide bonds. The largest absolute Gasteiger partial charge is 0.463 e. The Kier molecular flexibility index (Phi) is 82.2. The molecule has 0 aliphatic carbocycles. The third kappa shape index (κ3) is 88.9. The first-order chi connectivity index (χ1) is 40.7. The second kappa shape index (κ2) is 72.1. The van der Waals surface area contributed by atoms with Gasteiger partial charge in [-0.3, -0.25) is 9.59 Å². The zero-order valence-corrected chi connectivity index (χ0v) is 61.0. The first-order valence-corrected chi connectivity index (χ1v) is 35.4. The zero-order valence-electron chi connectivity index (χ0n) is 61.0. The van der Waals surface area contributed by atoms with Crippen LogP contribution in [0.1, 0.15) is 338 Å². The highest BCUT2D eigenvalue weighted by Gasteiger charge is 2.16. The number of hydrogen-bond donors (Lipinski definition) is 10. The zero-order chi connectivity index (χ0) is 68.7. The van der Waals surface area contributed by atoms with Crippen LogP contribution in [-0.4, -0.2) is 155 Å². The fourth-order valence-corrected chi connectivity index (χ4v) is 7.98. The maximum absolute atomic E-state index is 11.1. The second-order valence-electron chi connectivity index (χ2n) is 26.3. The Morgan fingerprint density at radius 2 is 0.575 bits per heavy atom. The van der Waals surface area contributed by atoms with Gasteiger partial charge in [-0.15, -0.1) is 0 Å². The van der Waals surface area contributed by atoms with Gasteiger partial charge < -0.3 is 65.3 Å². The molecule has 0 aliphatic heterocycles. The quantitative estimate of drug-likeness (QED) is 0.0201. The molecule has 0 unspecified atom stereocenters. The lowest BCUT2D eigenvalue weighted by atomic mass is 10.0. The predicted octanol–water partition coefficient (Wildman–Crippen LogP) is 15.4. The number of unbranched alkanes of at least 4 members (excludes halogenated alkanes) is 4. The van der Waals surface area contributed by atoms with E-state index in [1.807, 2.05) is 104 Å². The lowest BCUT2D eigenvalue weighted by molar-refractivity contribution is -0.147. The van der Waals surface area contributed by atoms with Crippen LogP contribution in [0.4, 0.5) is 0 Å². The van der Waals surface area contributed by atoms with E-state index in [0.717, 1.165) is 128 Å². The Morgan fingerprint density at radius 3 is 0.908 bits per heavy atom. The monoisotopic (exact) mass is 1260 g/mol. The lowest BCUT2D eigenvalue weighted by Crippen LogP contribution is -2.25. The molecule has 0 fully saturated rings. The average Bonchev–Trinajstić information content (AvgIpc) is 3.46. The van der Waals surface area contributed by atoms with Gasteiger partial charge in [0.15, 0.2) is 0 Å². The van der Waals surface area contributed by atoms with Crippen LogP contribution in [0.5, 0.6) is 0 Å². The molecule has 0 aliphatic rings. The van der Waals surface area contributed by atoms with E-state index < -0.39 is 36.6 Å². The highest BCUT2D eigenvalue weighted by molar-refractivity contribution is 5.80. The summed E-state index contributed by atoms with van der Waals surface area (Å²) >= 11 is 0. The third-order valence-corrected chi connectivity index (χ3v) is 14.5. The van der Waals surface area contributed by atoms with Crippen molar-refractivity contribution < 1.29 is 74.9 Å². The van der Waals surface area contributed by atoms with Crippen molar-refractivity contribution in [3.63, 3.8) is 0 Å². The van der Waals surface area contributed by atoms with Crippen LogP contribution in [0, 0.1) is 23.7 Å². The molecule has 0 saturated heterocycles. The van der Waals surface area contributed by atoms with Gasteiger partial charge in [-0.25, -0.2) is 0 Å². The Bertz CT molecular complexity index is 1280. The summed E-state index contributed by atoms with van der Waals surface area (Å²) in [6, 6.07) is 0. The highest BCUT2D eigenvalue weighted by atomic mass is 16.5. The number of aliphatic hydroxyl groups excluding tert-OH is 10. The maximum Gasteiger partial charge on any atom is 0.306 e. The van der Waals surface area contributed by atoms with E-state index >= 15 is 0 Å². The number of carbonyl (C=O) groups excluding carboxylic acids is 2. The number of aliphatic hydroxyl groups is 10. The van der Waals surface area contributed by atoms with Crippen molar-refractivity contribution in [2.24, 2.45) is 23.7 Å². The second-order valence-corrected chi connectivity index (χ2v) is 26.3. The van der Waals surface area contributed by atoms with Gasteiger partial charge in [0.2, 0.25) is 0 Å². The van der Waals surface area contributed by atoms with Gasteiger partial charge in [0, 0.05) is 32.0 Å². The summed E-state index contributed by atoms with van der Waals surface area (Å²) < 4.78 is 15.6. The SMILES string of the molecule is CC[C@@H](O)CCCC(=O)C(C)C.CC[C@@H](O)CCCC(=O)OC(C)C.CC[C@@H](O)CCCCCC(C)C.CC[C@@H](O)CCCCOC(C)C.CC[C@@H](O)[C@@H](O)CCCC(C)C.CC[C@@H](O)[C@@H](O)CCCCC(C)C.CC[C@@H](O)[C@@H](O)CCCOC(C)C. The van der Waals surface area contributed by atoms with Crippen molar-refractivity contribution in [2.45, 2.75) is 417 Å². The molecule has 15 heteroatoms. The molecule has 0 aromatic heterocycles. The summed E-state index contributed by atoms with van der Waals surface area (Å²) in [6.07, 6.45) is 23.4. The van der Waals surface area contributed by atoms with Crippen LogP contribution < -0.4 is 0 Å². The summed E-state index contributed by atoms with van der Waals surface area (Å²) in [5.41, 5.74) is 0. The predicted molar refractivity (Wildman–Crippen MR) is 366 cm³/mol. The van der Waals surface area contributed by atoms with Crippen molar-refractivity contribution in [3.8, 4) is 0 Å². The number of hydrogen-bond acceptors (Lipinski definition) is 15. The number of ether oxygens (including phenoxy) is 3. The van der Waals surface area contributed by atoms with Crippen LogP contribution in [0.15, 0.2) is 0 Å². The maximum atomic E-state index is 11.1. The summed E-state index contributed by atoms with van der Waals surface area (Å²) in [6.45, 7) is 43.9. The van der Waals surface area contributed by atoms with Gasteiger partial charge in [-0.1, -0.05) is 162 Å². The summed E-state index contributed by atoms with van der Waals surface area (Å²) in [5, 5.41) is 92.9. The minimum Gasteiger partial charge on any atom is -0.463 e. The Morgan fingerprint density at radius 1 is 0.287 bits per heavy atom. The van der Waals surface area contributed by atoms with Gasteiger partial charge >= 0.3 is 5.97 Å². The van der Waals surface area contributed by atoms with Gasteiger partial charge in [0.25, 0.3) is 0 Å². The molecular weight excluding hydrogens is 1100 g/mol. The molecular formula is C72H154O15. The van der Waals surface area contributed by atoms with Gasteiger partial charge in [-0.05, 0) is 181 Å². The molecule has 532 valence electrons. The van der Waals surface area contributed by atoms with Gasteiger partial charge in [-0.2, -0.15) is 0 Å². The standard InChI is InChI=1S/C11H24O2.C11H24O.C10H22O3.C10H20O3.C10H22O2.C10H20O2.C10H22O2/c1-4-10(12)11(13)8-6-5-7-9(2)3;1-4-11(12)9-7-5-6-8-10(2)3;1-4-9(11)10(12)6-5-7-13-8(2)3;1-4-9(11)6-5-7-10(12)13-8(2)3;1-4-10(11)7-5-6-8-12-9(2)3;1-4-9(11)6-5-7-10(12)8(2)3;1-4-9(11)10(12)7-5-6-8(2)3/h9-13H,4-8H2,1-3H3;10-12H,4-9H2,1-3H3;8-12H,4-7H2,1-3H3;8-9,11H,4-7H2,1-3H3;9-11H,4-8H2,1-3H3;8-9,11H,4-7H2,1-3H3;8-12H,4-7H2,1-3H3/t10-,11+;11-;9-,10+;9-;10-;9-;9-,10+/m1111111/s1. The molecule has 0 spiro atoms. The van der Waals surface area contributed by atoms with Gasteiger partial charge in [0.05, 0.1) is 79.4 Å². The Hall–Kier alpha value is -1.34. The molecule has 0 radical (unpaired) electrons. The number of carbonyl (C=O) groups is 2. The Labute approximate surface area is 538 Å². The summed E-state index contributed by atoms with van der Waals surface area (Å²) in [4.78, 5) is 22.2. The molecule has 0 aromatic carbocycles. The molecule has 87 heavy (non-hydrogen) atoms. The topological polar surface area (TPSA) is 264 Å².